The minimum atomic E-state index is -0.0326. The molecule has 0 amide bonds. The SMILES string of the molecule is CC(C)(C)CCCCCCCCCCCOCN1Cc2c(c3ccc(Br)cc3[nH]c2=O)N1. The van der Waals surface area contributed by atoms with Crippen LogP contribution in [0.5, 0.6) is 0 Å². The van der Waals surface area contributed by atoms with Gasteiger partial charge in [-0.2, -0.15) is 5.01 Å². The smallest absolute Gasteiger partial charge is 0.255 e. The number of anilines is 1. The highest BCUT2D eigenvalue weighted by Gasteiger charge is 2.23. The number of fused-ring (bicyclic) bond motifs is 3. The molecule has 1 aliphatic rings. The van der Waals surface area contributed by atoms with Crippen LogP contribution in [0.4, 0.5) is 5.69 Å². The Hall–Kier alpha value is -1.37. The van der Waals surface area contributed by atoms with Crippen LogP contribution in [-0.4, -0.2) is 23.3 Å². The second-order valence-corrected chi connectivity index (χ2v) is 11.3. The van der Waals surface area contributed by atoms with Gasteiger partial charge in [-0.15, -0.1) is 0 Å². The van der Waals surface area contributed by atoms with E-state index in [1.165, 1.54) is 57.8 Å². The molecule has 0 bridgehead atoms. The van der Waals surface area contributed by atoms with Gasteiger partial charge in [0, 0.05) is 16.5 Å². The molecule has 32 heavy (non-hydrogen) atoms. The van der Waals surface area contributed by atoms with Gasteiger partial charge < -0.3 is 15.1 Å². The number of aromatic amines is 1. The van der Waals surface area contributed by atoms with Crippen molar-refractivity contribution in [3.05, 3.63) is 38.6 Å². The number of hydrogen-bond acceptors (Lipinski definition) is 4. The van der Waals surface area contributed by atoms with Crippen LogP contribution in [0, 0.1) is 5.41 Å². The second kappa shape index (κ2) is 12.2. The number of rotatable bonds is 13. The van der Waals surface area contributed by atoms with E-state index in [9.17, 15) is 4.79 Å². The van der Waals surface area contributed by atoms with Gasteiger partial charge in [0.15, 0.2) is 0 Å². The van der Waals surface area contributed by atoms with E-state index in [0.29, 0.717) is 18.7 Å². The Labute approximate surface area is 201 Å². The zero-order chi connectivity index (χ0) is 23.0. The van der Waals surface area contributed by atoms with Crippen molar-refractivity contribution in [2.45, 2.75) is 91.5 Å². The molecule has 5 nitrogen and oxygen atoms in total. The van der Waals surface area contributed by atoms with E-state index in [2.05, 4.69) is 47.1 Å². The average molecular weight is 507 g/mol. The van der Waals surface area contributed by atoms with Crippen LogP contribution in [0.25, 0.3) is 10.9 Å². The van der Waals surface area contributed by atoms with E-state index in [-0.39, 0.29) is 5.56 Å². The highest BCUT2D eigenvalue weighted by Crippen LogP contribution is 2.31. The number of hydrogen-bond donors (Lipinski definition) is 2. The van der Waals surface area contributed by atoms with Crippen molar-refractivity contribution in [3.63, 3.8) is 0 Å². The van der Waals surface area contributed by atoms with Gasteiger partial charge in [-0.1, -0.05) is 88.1 Å². The summed E-state index contributed by atoms with van der Waals surface area (Å²) in [5, 5.41) is 3.00. The van der Waals surface area contributed by atoms with E-state index in [1.54, 1.807) is 0 Å². The molecule has 0 atom stereocenters. The Morgan fingerprint density at radius 1 is 1.00 bits per heavy atom. The number of benzene rings is 1. The minimum Gasteiger partial charge on any atom is -0.364 e. The summed E-state index contributed by atoms with van der Waals surface area (Å²) in [5.41, 5.74) is 6.33. The maximum absolute atomic E-state index is 12.4. The summed E-state index contributed by atoms with van der Waals surface area (Å²) in [6.45, 7) is 8.82. The van der Waals surface area contributed by atoms with Gasteiger partial charge >= 0.3 is 0 Å². The molecule has 1 aromatic heterocycles. The maximum Gasteiger partial charge on any atom is 0.255 e. The van der Waals surface area contributed by atoms with Crippen molar-refractivity contribution in [1.82, 2.24) is 9.99 Å². The van der Waals surface area contributed by atoms with Crippen LogP contribution >= 0.6 is 15.9 Å². The van der Waals surface area contributed by atoms with Crippen molar-refractivity contribution in [1.29, 1.82) is 0 Å². The number of aromatic nitrogens is 1. The van der Waals surface area contributed by atoms with Gasteiger partial charge in [-0.05, 0) is 36.5 Å². The molecule has 0 saturated heterocycles. The standard InChI is InChI=1S/C26H40BrN3O2/c1-26(2,3)15-11-9-7-5-4-6-8-10-12-16-32-19-30-18-22-24(29-30)21-14-13-20(27)17-23(21)28-25(22)31/h13-14,17,29H,4-12,15-16,18-19H2,1-3H3,(H,28,31). The van der Waals surface area contributed by atoms with Crippen molar-refractivity contribution in [2.75, 3.05) is 18.8 Å². The summed E-state index contributed by atoms with van der Waals surface area (Å²) in [5.74, 6) is 0. The van der Waals surface area contributed by atoms with E-state index in [4.69, 9.17) is 4.74 Å². The first-order valence-electron chi connectivity index (χ1n) is 12.3. The van der Waals surface area contributed by atoms with Crippen molar-refractivity contribution >= 4 is 32.5 Å². The summed E-state index contributed by atoms with van der Waals surface area (Å²) in [6.07, 6.45) is 13.2. The molecule has 0 radical (unpaired) electrons. The van der Waals surface area contributed by atoms with Gasteiger partial charge in [-0.3, -0.25) is 4.79 Å². The summed E-state index contributed by atoms with van der Waals surface area (Å²) < 4.78 is 6.82. The van der Waals surface area contributed by atoms with Crippen LogP contribution in [-0.2, 0) is 11.3 Å². The molecule has 3 rings (SSSR count). The lowest BCUT2D eigenvalue weighted by molar-refractivity contribution is 0.0404. The summed E-state index contributed by atoms with van der Waals surface area (Å²) >= 11 is 3.46. The molecule has 6 heteroatoms. The van der Waals surface area contributed by atoms with Crippen LogP contribution in [0.1, 0.15) is 90.5 Å². The fourth-order valence-electron chi connectivity index (χ4n) is 4.33. The largest absolute Gasteiger partial charge is 0.364 e. The zero-order valence-electron chi connectivity index (χ0n) is 20.1. The third-order valence-corrected chi connectivity index (χ3v) is 6.65. The number of hydrazine groups is 1. The second-order valence-electron chi connectivity index (χ2n) is 10.3. The van der Waals surface area contributed by atoms with Gasteiger partial charge in [0.25, 0.3) is 5.56 Å². The van der Waals surface area contributed by atoms with Crippen molar-refractivity contribution in [3.8, 4) is 0 Å². The van der Waals surface area contributed by atoms with Crippen molar-refractivity contribution in [2.24, 2.45) is 5.41 Å². The first-order valence-corrected chi connectivity index (χ1v) is 13.1. The number of pyridine rings is 1. The Kier molecular flexibility index (Phi) is 9.62. The highest BCUT2D eigenvalue weighted by atomic mass is 79.9. The number of nitrogens with one attached hydrogen (secondary N) is 2. The number of ether oxygens (including phenoxy) is 1. The molecule has 1 aliphatic heterocycles. The topological polar surface area (TPSA) is 57.4 Å². The Balaban J connectivity index is 1.23. The number of nitrogens with zero attached hydrogens (tertiary/aromatic N) is 1. The molecule has 0 fully saturated rings. The maximum atomic E-state index is 12.4. The van der Waals surface area contributed by atoms with E-state index in [0.717, 1.165) is 39.7 Å². The molecule has 178 valence electrons. The first-order chi connectivity index (χ1) is 15.3. The number of halogens is 1. The third kappa shape index (κ3) is 7.89. The molecule has 0 saturated carbocycles. The molecule has 0 aliphatic carbocycles. The fraction of sp³-hybridized carbons (Fsp3) is 0.654. The lowest BCUT2D eigenvalue weighted by Gasteiger charge is -2.17. The van der Waals surface area contributed by atoms with Crippen molar-refractivity contribution < 1.29 is 4.74 Å². The Bertz CT molecular complexity index is 920. The predicted octanol–water partition coefficient (Wildman–Crippen LogP) is 7.35. The average Bonchev–Trinajstić information content (AvgIpc) is 3.15. The zero-order valence-corrected chi connectivity index (χ0v) is 21.7. The number of H-pyrrole nitrogens is 1. The Morgan fingerprint density at radius 2 is 1.66 bits per heavy atom. The lowest BCUT2D eigenvalue weighted by Crippen LogP contribution is -2.27. The third-order valence-electron chi connectivity index (χ3n) is 6.16. The monoisotopic (exact) mass is 505 g/mol. The quantitative estimate of drug-likeness (QED) is 0.279. The summed E-state index contributed by atoms with van der Waals surface area (Å²) in [6, 6.07) is 5.96. The van der Waals surface area contributed by atoms with Crippen LogP contribution in [0.15, 0.2) is 27.5 Å². The molecule has 2 N–H and O–H groups in total. The molecule has 1 aromatic carbocycles. The molecular weight excluding hydrogens is 466 g/mol. The van der Waals surface area contributed by atoms with Crippen LogP contribution in [0.2, 0.25) is 0 Å². The normalized spacial score (nSPS) is 14.1. The fourth-order valence-corrected chi connectivity index (χ4v) is 4.69. The number of unbranched alkanes of at least 4 members (excludes halogenated alkanes) is 8. The lowest BCUT2D eigenvalue weighted by atomic mass is 9.89. The first kappa shape index (κ1) is 25.3. The molecule has 0 unspecified atom stereocenters. The molecule has 0 spiro atoms. The van der Waals surface area contributed by atoms with Gasteiger partial charge in [0.1, 0.15) is 6.73 Å². The highest BCUT2D eigenvalue weighted by molar-refractivity contribution is 9.10. The van der Waals surface area contributed by atoms with E-state index >= 15 is 0 Å². The minimum absolute atomic E-state index is 0.0326. The Morgan fingerprint density at radius 3 is 2.34 bits per heavy atom. The van der Waals surface area contributed by atoms with Gasteiger partial charge in [0.2, 0.25) is 0 Å². The molecular formula is C26H40BrN3O2. The van der Waals surface area contributed by atoms with E-state index < -0.39 is 0 Å². The summed E-state index contributed by atoms with van der Waals surface area (Å²) in [4.78, 5) is 15.4. The van der Waals surface area contributed by atoms with E-state index in [1.807, 2.05) is 23.2 Å². The van der Waals surface area contributed by atoms with Crippen LogP contribution in [0.3, 0.4) is 0 Å². The predicted molar refractivity (Wildman–Crippen MR) is 138 cm³/mol. The summed E-state index contributed by atoms with van der Waals surface area (Å²) in [7, 11) is 0. The van der Waals surface area contributed by atoms with Gasteiger partial charge in [0.05, 0.1) is 23.3 Å². The molecule has 2 heterocycles. The van der Waals surface area contributed by atoms with Gasteiger partial charge in [-0.25, -0.2) is 0 Å². The molecule has 2 aromatic rings. The van der Waals surface area contributed by atoms with Crippen LogP contribution < -0.4 is 11.0 Å².